The molecule has 4 aliphatic rings. The van der Waals surface area contributed by atoms with Crippen LogP contribution < -0.4 is 14.5 Å². The maximum absolute atomic E-state index is 14.6. The van der Waals surface area contributed by atoms with Gasteiger partial charge in [0, 0.05) is 61.3 Å². The lowest BCUT2D eigenvalue weighted by molar-refractivity contribution is -0.131. The van der Waals surface area contributed by atoms with Crippen molar-refractivity contribution in [1.82, 2.24) is 19.8 Å². The molecule has 9 nitrogen and oxygen atoms in total. The Morgan fingerprint density at radius 2 is 1.98 bits per heavy atom. The molecule has 1 saturated carbocycles. The van der Waals surface area contributed by atoms with Crippen molar-refractivity contribution in [2.45, 2.75) is 38.0 Å². The highest BCUT2D eigenvalue weighted by Gasteiger charge is 2.52. The number of halogens is 3. The van der Waals surface area contributed by atoms with Crippen molar-refractivity contribution >= 4 is 39.8 Å². The number of ether oxygens (including phenoxy) is 1. The number of amides is 1. The lowest BCUT2D eigenvalue weighted by Gasteiger charge is -2.57. The molecule has 0 unspecified atom stereocenters. The Morgan fingerprint density at radius 3 is 2.71 bits per heavy atom. The van der Waals surface area contributed by atoms with E-state index in [1.807, 2.05) is 18.2 Å². The Balaban J connectivity index is 1.21. The molecule has 1 amide bonds. The van der Waals surface area contributed by atoms with E-state index in [9.17, 15) is 13.6 Å². The van der Waals surface area contributed by atoms with Crippen molar-refractivity contribution in [3.63, 3.8) is 0 Å². The number of likely N-dealkylation sites (tertiary alicyclic amines) is 1. The largest absolute Gasteiger partial charge is 0.460 e. The van der Waals surface area contributed by atoms with Gasteiger partial charge in [-0.15, -0.1) is 0 Å². The normalized spacial score (nSPS) is 21.2. The molecule has 7 rings (SSSR count). The molecule has 0 bridgehead atoms. The van der Waals surface area contributed by atoms with E-state index in [1.165, 1.54) is 11.0 Å². The van der Waals surface area contributed by atoms with Crippen molar-refractivity contribution in [3.8, 4) is 6.01 Å². The monoisotopic (exact) mass is 633 g/mol. The summed E-state index contributed by atoms with van der Waals surface area (Å²) in [6, 6.07) is 8.72. The molecular formula is C33H34ClF2N7O2. The number of piperazine rings is 1. The molecule has 2 saturated heterocycles. The molecule has 1 atom stereocenters. The van der Waals surface area contributed by atoms with Gasteiger partial charge in [0.1, 0.15) is 23.8 Å². The third-order valence-corrected chi connectivity index (χ3v) is 10.0. The summed E-state index contributed by atoms with van der Waals surface area (Å²) in [5.41, 5.74) is 2.93. The first kappa shape index (κ1) is 29.7. The van der Waals surface area contributed by atoms with E-state index in [-0.39, 0.29) is 24.2 Å². The van der Waals surface area contributed by atoms with Crippen molar-refractivity contribution in [2.75, 3.05) is 62.7 Å². The van der Waals surface area contributed by atoms with Gasteiger partial charge in [0.2, 0.25) is 6.54 Å². The average molecular weight is 634 g/mol. The van der Waals surface area contributed by atoms with Crippen molar-refractivity contribution in [1.29, 1.82) is 0 Å². The fourth-order valence-electron chi connectivity index (χ4n) is 7.69. The minimum Gasteiger partial charge on any atom is -0.460 e. The van der Waals surface area contributed by atoms with E-state index in [0.29, 0.717) is 49.4 Å². The number of hydrogen-bond acceptors (Lipinski definition) is 7. The topological polar surface area (TPSA) is 69.4 Å². The van der Waals surface area contributed by atoms with Crippen LogP contribution in [0.5, 0.6) is 6.01 Å². The van der Waals surface area contributed by atoms with Crippen LogP contribution in [0.15, 0.2) is 42.7 Å². The Morgan fingerprint density at radius 1 is 1.18 bits per heavy atom. The van der Waals surface area contributed by atoms with Crippen LogP contribution in [0.1, 0.15) is 24.1 Å². The summed E-state index contributed by atoms with van der Waals surface area (Å²) >= 11 is 6.49. The number of hydrogen-bond donors (Lipinski definition) is 0. The summed E-state index contributed by atoms with van der Waals surface area (Å²) in [6.45, 7) is 14.9. The van der Waals surface area contributed by atoms with E-state index in [4.69, 9.17) is 32.9 Å². The van der Waals surface area contributed by atoms with Gasteiger partial charge in [-0.2, -0.15) is 9.97 Å². The Bertz CT molecular complexity index is 1730. The van der Waals surface area contributed by atoms with Crippen LogP contribution in [0.3, 0.4) is 0 Å². The van der Waals surface area contributed by atoms with Gasteiger partial charge in [0.15, 0.2) is 5.83 Å². The minimum absolute atomic E-state index is 0.0315. The van der Waals surface area contributed by atoms with Gasteiger partial charge in [-0.1, -0.05) is 36.4 Å². The summed E-state index contributed by atoms with van der Waals surface area (Å²) in [7, 11) is 2.12. The number of benzene rings is 2. The molecule has 12 heteroatoms. The first-order valence-electron chi connectivity index (χ1n) is 15.2. The maximum atomic E-state index is 14.6. The SMILES string of the molecule is [C-]#[N+]C[C@H]1CN(c2nc(OC3CC4(C3)CN(C)C4)nc3c2CCN(c2cccc4ccc(F)c(Cl)c24)C3)CCN1C(=O)C(=C)F. The zero-order valence-electron chi connectivity index (χ0n) is 25.1. The van der Waals surface area contributed by atoms with E-state index >= 15 is 0 Å². The van der Waals surface area contributed by atoms with Gasteiger partial charge in [0.05, 0.1) is 17.3 Å². The Labute approximate surface area is 265 Å². The average Bonchev–Trinajstić information content (AvgIpc) is 3.00. The number of fused-ring (bicyclic) bond motifs is 2. The second kappa shape index (κ2) is 11.4. The van der Waals surface area contributed by atoms with Gasteiger partial charge in [-0.05, 0) is 43.8 Å². The standard InChI is InChI=1S/C33H34ClF2N7O2/c1-20(35)31(44)43-12-11-42(16-22(43)15-37-2)30-24-9-10-41(27-6-4-5-21-7-8-25(36)29(34)28(21)27)17-26(24)38-32(39-30)45-23-13-33(14-23)18-40(3)19-33/h4-8,22-23H,1,9-19H2,3H3/t22-/m0/s1. The lowest BCUT2D eigenvalue weighted by Crippen LogP contribution is -2.63. The first-order valence-corrected chi connectivity index (χ1v) is 15.6. The summed E-state index contributed by atoms with van der Waals surface area (Å²) in [6.07, 6.45) is 2.56. The molecule has 0 radical (unpaired) electrons. The number of aromatic nitrogens is 2. The molecule has 45 heavy (non-hydrogen) atoms. The Hall–Kier alpha value is -4.01. The highest BCUT2D eigenvalue weighted by Crippen LogP contribution is 2.49. The predicted molar refractivity (Wildman–Crippen MR) is 169 cm³/mol. The second-order valence-corrected chi connectivity index (χ2v) is 13.2. The van der Waals surface area contributed by atoms with Crippen LogP contribution in [0, 0.1) is 17.8 Å². The predicted octanol–water partition coefficient (Wildman–Crippen LogP) is 4.88. The number of anilines is 2. The first-order chi connectivity index (χ1) is 21.6. The van der Waals surface area contributed by atoms with E-state index < -0.39 is 23.6 Å². The highest BCUT2D eigenvalue weighted by atomic mass is 35.5. The van der Waals surface area contributed by atoms with Crippen LogP contribution >= 0.6 is 11.6 Å². The summed E-state index contributed by atoms with van der Waals surface area (Å²) in [5.74, 6) is -1.56. The molecule has 1 aliphatic carbocycles. The van der Waals surface area contributed by atoms with Gasteiger partial charge in [0.25, 0.3) is 5.91 Å². The number of rotatable bonds is 6. The second-order valence-electron chi connectivity index (χ2n) is 12.8. The molecule has 1 spiro atoms. The molecular weight excluding hydrogens is 600 g/mol. The van der Waals surface area contributed by atoms with Gasteiger partial charge < -0.3 is 29.2 Å². The molecule has 234 valence electrons. The zero-order valence-corrected chi connectivity index (χ0v) is 25.9. The third-order valence-electron chi connectivity index (χ3n) is 9.66. The molecule has 3 aliphatic heterocycles. The number of nitrogens with zero attached hydrogens (tertiary/aromatic N) is 7. The van der Waals surface area contributed by atoms with Crippen molar-refractivity contribution in [3.05, 3.63) is 76.3 Å². The third kappa shape index (κ3) is 5.34. The van der Waals surface area contributed by atoms with Crippen LogP contribution in [-0.4, -0.2) is 90.7 Å². The number of carbonyl (C=O) groups excluding carboxylic acids is 1. The maximum Gasteiger partial charge on any atom is 0.318 e. The summed E-state index contributed by atoms with van der Waals surface area (Å²) < 4.78 is 34.8. The summed E-state index contributed by atoms with van der Waals surface area (Å²) in [5, 5.41) is 1.61. The van der Waals surface area contributed by atoms with E-state index in [0.717, 1.165) is 54.1 Å². The molecule has 4 heterocycles. The molecule has 1 aromatic heterocycles. The highest BCUT2D eigenvalue weighted by molar-refractivity contribution is 6.36. The smallest absolute Gasteiger partial charge is 0.318 e. The van der Waals surface area contributed by atoms with Gasteiger partial charge >= 0.3 is 6.01 Å². The Kier molecular flexibility index (Phi) is 7.53. The van der Waals surface area contributed by atoms with Crippen LogP contribution in [0.25, 0.3) is 15.6 Å². The molecule has 3 fully saturated rings. The van der Waals surface area contributed by atoms with Gasteiger partial charge in [-0.3, -0.25) is 4.79 Å². The lowest BCUT2D eigenvalue weighted by atomic mass is 9.62. The fourth-order valence-corrected chi connectivity index (χ4v) is 7.96. The van der Waals surface area contributed by atoms with Crippen LogP contribution in [0.4, 0.5) is 20.3 Å². The molecule has 2 aromatic carbocycles. The van der Waals surface area contributed by atoms with Crippen molar-refractivity contribution < 1.29 is 18.3 Å². The molecule has 0 N–H and O–H groups in total. The van der Waals surface area contributed by atoms with E-state index in [2.05, 4.69) is 33.2 Å². The van der Waals surface area contributed by atoms with E-state index in [1.54, 1.807) is 6.07 Å². The quantitative estimate of drug-likeness (QED) is 0.283. The zero-order chi connectivity index (χ0) is 31.5. The molecule has 3 aromatic rings. The van der Waals surface area contributed by atoms with Crippen molar-refractivity contribution in [2.24, 2.45) is 5.41 Å². The van der Waals surface area contributed by atoms with Crippen LogP contribution in [0.2, 0.25) is 5.02 Å². The number of carbonyl (C=O) groups is 1. The van der Waals surface area contributed by atoms with Gasteiger partial charge in [-0.25, -0.2) is 15.4 Å². The minimum atomic E-state index is -1.03. The summed E-state index contributed by atoms with van der Waals surface area (Å²) in [4.78, 5) is 33.8. The van der Waals surface area contributed by atoms with Crippen LogP contribution in [-0.2, 0) is 17.8 Å². The fraction of sp³-hybridized carbons (Fsp3) is 0.455.